The molecule has 1 fully saturated rings. The van der Waals surface area contributed by atoms with Crippen molar-refractivity contribution in [3.63, 3.8) is 0 Å². The SMILES string of the molecule is O=C(O)C1c2ccncc2CCC12CC2. The van der Waals surface area contributed by atoms with Crippen LogP contribution >= 0.6 is 0 Å². The molecular weight excluding hydrogens is 190 g/mol. The second-order valence-electron chi connectivity index (χ2n) is 4.71. The van der Waals surface area contributed by atoms with Crippen LogP contribution in [0.1, 0.15) is 36.3 Å². The fraction of sp³-hybridized carbons (Fsp3) is 0.500. The summed E-state index contributed by atoms with van der Waals surface area (Å²) in [7, 11) is 0. The molecule has 78 valence electrons. The third-order valence-electron chi connectivity index (χ3n) is 3.90. The summed E-state index contributed by atoms with van der Waals surface area (Å²) in [6.07, 6.45) is 7.68. The zero-order chi connectivity index (χ0) is 10.5. The quantitative estimate of drug-likeness (QED) is 0.759. The first-order valence-electron chi connectivity index (χ1n) is 5.39. The minimum atomic E-state index is -0.667. The normalized spacial score (nSPS) is 26.0. The van der Waals surface area contributed by atoms with Crippen LogP contribution in [0.15, 0.2) is 18.5 Å². The lowest BCUT2D eigenvalue weighted by Crippen LogP contribution is -2.28. The number of aliphatic carboxylic acids is 1. The lowest BCUT2D eigenvalue weighted by atomic mass is 9.73. The molecule has 0 saturated heterocycles. The maximum Gasteiger partial charge on any atom is 0.311 e. The Bertz CT molecular complexity index is 423. The minimum Gasteiger partial charge on any atom is -0.481 e. The Hall–Kier alpha value is -1.38. The Labute approximate surface area is 88.1 Å². The molecule has 0 aromatic carbocycles. The largest absolute Gasteiger partial charge is 0.481 e. The summed E-state index contributed by atoms with van der Waals surface area (Å²) < 4.78 is 0. The maximum absolute atomic E-state index is 11.4. The van der Waals surface area contributed by atoms with Crippen molar-refractivity contribution in [2.24, 2.45) is 5.41 Å². The monoisotopic (exact) mass is 203 g/mol. The van der Waals surface area contributed by atoms with E-state index >= 15 is 0 Å². The molecule has 1 heterocycles. The van der Waals surface area contributed by atoms with Crippen molar-refractivity contribution < 1.29 is 9.90 Å². The first-order valence-corrected chi connectivity index (χ1v) is 5.39. The van der Waals surface area contributed by atoms with Crippen molar-refractivity contribution >= 4 is 5.97 Å². The minimum absolute atomic E-state index is 0.0835. The summed E-state index contributed by atoms with van der Waals surface area (Å²) in [4.78, 5) is 15.4. The van der Waals surface area contributed by atoms with Gasteiger partial charge in [-0.1, -0.05) is 0 Å². The van der Waals surface area contributed by atoms with Gasteiger partial charge in [0, 0.05) is 12.4 Å². The van der Waals surface area contributed by atoms with E-state index in [0.29, 0.717) is 0 Å². The molecule has 1 spiro atoms. The van der Waals surface area contributed by atoms with Gasteiger partial charge in [-0.15, -0.1) is 0 Å². The number of carboxylic acid groups (broad SMARTS) is 1. The number of carboxylic acids is 1. The molecule has 3 heteroatoms. The fourth-order valence-electron chi connectivity index (χ4n) is 2.88. The second kappa shape index (κ2) is 2.81. The van der Waals surface area contributed by atoms with Gasteiger partial charge in [-0.05, 0) is 48.3 Å². The van der Waals surface area contributed by atoms with Crippen molar-refractivity contribution in [2.45, 2.75) is 31.6 Å². The van der Waals surface area contributed by atoms with Gasteiger partial charge >= 0.3 is 5.97 Å². The number of carbonyl (C=O) groups is 1. The van der Waals surface area contributed by atoms with Crippen molar-refractivity contribution in [3.05, 3.63) is 29.6 Å². The first kappa shape index (κ1) is 8.89. The molecule has 1 atom stereocenters. The number of hydrogen-bond donors (Lipinski definition) is 1. The van der Waals surface area contributed by atoms with E-state index in [1.807, 2.05) is 12.3 Å². The molecule has 2 aliphatic rings. The van der Waals surface area contributed by atoms with Gasteiger partial charge in [0.2, 0.25) is 0 Å². The maximum atomic E-state index is 11.4. The Kier molecular flexibility index (Phi) is 1.67. The molecule has 1 unspecified atom stereocenters. The second-order valence-corrected chi connectivity index (χ2v) is 4.71. The van der Waals surface area contributed by atoms with Crippen molar-refractivity contribution in [1.29, 1.82) is 0 Å². The van der Waals surface area contributed by atoms with Gasteiger partial charge in [0.05, 0.1) is 5.92 Å². The number of hydrogen-bond acceptors (Lipinski definition) is 2. The summed E-state index contributed by atoms with van der Waals surface area (Å²) in [6.45, 7) is 0. The third kappa shape index (κ3) is 1.19. The van der Waals surface area contributed by atoms with Crippen LogP contribution in [-0.2, 0) is 11.2 Å². The molecule has 1 N–H and O–H groups in total. The average molecular weight is 203 g/mol. The van der Waals surface area contributed by atoms with Gasteiger partial charge in [0.25, 0.3) is 0 Å². The fourth-order valence-corrected chi connectivity index (χ4v) is 2.88. The Balaban J connectivity index is 2.12. The van der Waals surface area contributed by atoms with Gasteiger partial charge in [0.15, 0.2) is 0 Å². The van der Waals surface area contributed by atoms with Crippen LogP contribution in [0.5, 0.6) is 0 Å². The molecule has 0 bridgehead atoms. The first-order chi connectivity index (χ1) is 7.23. The molecular formula is C12H13NO2. The van der Waals surface area contributed by atoms with Crippen LogP contribution in [0.25, 0.3) is 0 Å². The summed E-state index contributed by atoms with van der Waals surface area (Å²) in [5.41, 5.74) is 2.21. The van der Waals surface area contributed by atoms with Gasteiger partial charge in [0.1, 0.15) is 0 Å². The predicted octanol–water partition coefficient (Wildman–Crippen LogP) is 1.98. The summed E-state index contributed by atoms with van der Waals surface area (Å²) >= 11 is 0. The highest BCUT2D eigenvalue weighted by molar-refractivity contribution is 5.79. The molecule has 0 amide bonds. The molecule has 1 aromatic rings. The molecule has 3 rings (SSSR count). The van der Waals surface area contributed by atoms with Gasteiger partial charge in [-0.25, -0.2) is 0 Å². The van der Waals surface area contributed by atoms with E-state index < -0.39 is 5.97 Å². The van der Waals surface area contributed by atoms with Crippen LogP contribution < -0.4 is 0 Å². The van der Waals surface area contributed by atoms with Crippen LogP contribution in [-0.4, -0.2) is 16.1 Å². The van der Waals surface area contributed by atoms with Crippen molar-refractivity contribution in [3.8, 4) is 0 Å². The lowest BCUT2D eigenvalue weighted by molar-refractivity contribution is -0.141. The Morgan fingerprint density at radius 3 is 2.93 bits per heavy atom. The standard InChI is InChI=1S/C12H13NO2/c14-11(15)10-9-2-6-13-7-8(9)1-3-12(10)4-5-12/h2,6-7,10H,1,3-5H2,(H,14,15). The van der Waals surface area contributed by atoms with E-state index in [1.54, 1.807) is 6.20 Å². The predicted molar refractivity (Wildman–Crippen MR) is 54.6 cm³/mol. The number of aromatic nitrogens is 1. The smallest absolute Gasteiger partial charge is 0.311 e. The molecule has 1 aromatic heterocycles. The van der Waals surface area contributed by atoms with Gasteiger partial charge in [-0.2, -0.15) is 0 Å². The van der Waals surface area contributed by atoms with Crippen LogP contribution in [0, 0.1) is 5.41 Å². The van der Waals surface area contributed by atoms with Gasteiger partial charge in [-0.3, -0.25) is 9.78 Å². The number of nitrogens with zero attached hydrogens (tertiary/aromatic N) is 1. The molecule has 0 aliphatic heterocycles. The average Bonchev–Trinajstić information content (AvgIpc) is 2.98. The summed E-state index contributed by atoms with van der Waals surface area (Å²) in [6, 6.07) is 1.88. The number of rotatable bonds is 1. The van der Waals surface area contributed by atoms with E-state index in [0.717, 1.165) is 36.8 Å². The van der Waals surface area contributed by atoms with E-state index in [4.69, 9.17) is 0 Å². The topological polar surface area (TPSA) is 50.2 Å². The van der Waals surface area contributed by atoms with E-state index in [2.05, 4.69) is 4.98 Å². The van der Waals surface area contributed by atoms with E-state index in [1.165, 1.54) is 0 Å². The summed E-state index contributed by atoms with van der Waals surface area (Å²) in [5.74, 6) is -0.955. The third-order valence-corrected chi connectivity index (χ3v) is 3.90. The Morgan fingerprint density at radius 2 is 2.27 bits per heavy atom. The number of pyridine rings is 1. The van der Waals surface area contributed by atoms with Crippen molar-refractivity contribution in [1.82, 2.24) is 4.98 Å². The number of fused-ring (bicyclic) bond motifs is 1. The lowest BCUT2D eigenvalue weighted by Gasteiger charge is -2.30. The van der Waals surface area contributed by atoms with Crippen LogP contribution in [0.2, 0.25) is 0 Å². The van der Waals surface area contributed by atoms with Crippen LogP contribution in [0.3, 0.4) is 0 Å². The van der Waals surface area contributed by atoms with Gasteiger partial charge < -0.3 is 5.11 Å². The molecule has 2 aliphatic carbocycles. The molecule has 3 nitrogen and oxygen atoms in total. The molecule has 15 heavy (non-hydrogen) atoms. The zero-order valence-corrected chi connectivity index (χ0v) is 8.44. The molecule has 1 saturated carbocycles. The number of aryl methyl sites for hydroxylation is 1. The highest BCUT2D eigenvalue weighted by Crippen LogP contribution is 2.61. The highest BCUT2D eigenvalue weighted by atomic mass is 16.4. The Morgan fingerprint density at radius 1 is 1.47 bits per heavy atom. The highest BCUT2D eigenvalue weighted by Gasteiger charge is 2.55. The zero-order valence-electron chi connectivity index (χ0n) is 8.44. The van der Waals surface area contributed by atoms with E-state index in [-0.39, 0.29) is 11.3 Å². The van der Waals surface area contributed by atoms with Crippen molar-refractivity contribution in [2.75, 3.05) is 0 Å². The summed E-state index contributed by atoms with van der Waals surface area (Å²) in [5, 5.41) is 9.34. The molecule has 0 radical (unpaired) electrons. The van der Waals surface area contributed by atoms with E-state index in [9.17, 15) is 9.90 Å². The van der Waals surface area contributed by atoms with Crippen LogP contribution in [0.4, 0.5) is 0 Å².